The molecule has 1 aromatic heterocycles. The molecule has 1 aliphatic heterocycles. The van der Waals surface area contributed by atoms with Gasteiger partial charge in [0.2, 0.25) is 11.8 Å². The van der Waals surface area contributed by atoms with E-state index in [4.69, 9.17) is 0 Å². The predicted octanol–water partition coefficient (Wildman–Crippen LogP) is 2.93. The summed E-state index contributed by atoms with van der Waals surface area (Å²) in [5.74, 6) is 1.19. The number of thioether (sulfide) groups is 1. The van der Waals surface area contributed by atoms with Gasteiger partial charge < -0.3 is 20.5 Å². The molecule has 1 fully saturated rings. The van der Waals surface area contributed by atoms with Gasteiger partial charge in [0, 0.05) is 24.5 Å². The van der Waals surface area contributed by atoms with Crippen molar-refractivity contribution in [2.45, 2.75) is 12.2 Å². The van der Waals surface area contributed by atoms with E-state index in [1.807, 2.05) is 60.4 Å². The van der Waals surface area contributed by atoms with E-state index in [1.165, 1.54) is 11.8 Å². The highest BCUT2D eigenvalue weighted by atomic mass is 32.2. The highest BCUT2D eigenvalue weighted by molar-refractivity contribution is 8.00. The fourth-order valence-electron chi connectivity index (χ4n) is 3.26. The van der Waals surface area contributed by atoms with Gasteiger partial charge in [-0.25, -0.2) is 4.98 Å². The minimum atomic E-state index is -0.0527. The van der Waals surface area contributed by atoms with Crippen molar-refractivity contribution >= 4 is 46.0 Å². The van der Waals surface area contributed by atoms with E-state index in [0.717, 1.165) is 34.8 Å². The number of imidazole rings is 1. The van der Waals surface area contributed by atoms with Gasteiger partial charge in [0.1, 0.15) is 5.82 Å². The number of carbonyl (C=O) groups excluding carboxylic acids is 2. The smallest absolute Gasteiger partial charge is 0.239 e. The Morgan fingerprint density at radius 1 is 1.24 bits per heavy atom. The van der Waals surface area contributed by atoms with Crippen molar-refractivity contribution in [1.82, 2.24) is 15.3 Å². The predicted molar refractivity (Wildman–Crippen MR) is 117 cm³/mol. The second-order valence-corrected chi connectivity index (χ2v) is 8.29. The molecule has 4 rings (SSSR count). The third-order valence-corrected chi connectivity index (χ3v) is 5.96. The number of para-hydroxylation sites is 2. The van der Waals surface area contributed by atoms with Crippen molar-refractivity contribution in [1.29, 1.82) is 0 Å². The van der Waals surface area contributed by atoms with Crippen molar-refractivity contribution in [3.05, 3.63) is 54.4 Å². The number of piperazine rings is 1. The van der Waals surface area contributed by atoms with E-state index in [1.54, 1.807) is 0 Å². The number of nitrogens with zero attached hydrogens (tertiary/aromatic N) is 2. The number of H-pyrrole nitrogens is 1. The second kappa shape index (κ2) is 8.57. The van der Waals surface area contributed by atoms with E-state index in [9.17, 15) is 9.59 Å². The van der Waals surface area contributed by atoms with Gasteiger partial charge in [-0.15, -0.1) is 11.8 Å². The molecule has 1 unspecified atom stereocenters. The van der Waals surface area contributed by atoms with E-state index < -0.39 is 0 Å². The number of aromatic nitrogens is 2. The van der Waals surface area contributed by atoms with Crippen LogP contribution in [0.5, 0.6) is 0 Å². The van der Waals surface area contributed by atoms with Crippen molar-refractivity contribution in [3.8, 4) is 0 Å². The van der Waals surface area contributed by atoms with Crippen LogP contribution in [0.25, 0.3) is 11.0 Å². The van der Waals surface area contributed by atoms with Crippen molar-refractivity contribution < 1.29 is 9.59 Å². The normalized spacial score (nSPS) is 15.2. The minimum absolute atomic E-state index is 0.0317. The average Bonchev–Trinajstić information content (AvgIpc) is 3.17. The number of hydrogen-bond donors (Lipinski definition) is 3. The molecule has 0 radical (unpaired) electrons. The number of aromatic amines is 1. The van der Waals surface area contributed by atoms with Crippen LogP contribution in [0.2, 0.25) is 0 Å². The first-order valence-electron chi connectivity index (χ1n) is 9.56. The van der Waals surface area contributed by atoms with Crippen LogP contribution in [0.4, 0.5) is 11.4 Å². The Bertz CT molecular complexity index is 984. The maximum atomic E-state index is 12.3. The molecule has 2 heterocycles. The Hall–Kier alpha value is -3.00. The fourth-order valence-corrected chi connectivity index (χ4v) is 4.00. The van der Waals surface area contributed by atoms with Gasteiger partial charge >= 0.3 is 0 Å². The molecule has 8 heteroatoms. The van der Waals surface area contributed by atoms with Crippen molar-refractivity contribution in [3.63, 3.8) is 0 Å². The number of nitrogens with one attached hydrogen (secondary N) is 3. The maximum absolute atomic E-state index is 12.3. The third-order valence-electron chi connectivity index (χ3n) is 4.81. The molecule has 1 aliphatic rings. The average molecular weight is 410 g/mol. The molecule has 0 spiro atoms. The van der Waals surface area contributed by atoms with E-state index in [0.29, 0.717) is 18.8 Å². The van der Waals surface area contributed by atoms with Gasteiger partial charge in [-0.1, -0.05) is 12.1 Å². The molecule has 2 aromatic carbocycles. The molecule has 0 bridgehead atoms. The standard InChI is InChI=1S/C21H23N5O2S/c1-14(21-24-17-4-2-3-5-18(17)25-21)29-13-20(28)23-15-6-8-16(9-7-15)26-11-10-22-19(27)12-26/h2-9,14H,10-13H2,1H3,(H,22,27)(H,23,28)(H,24,25). The van der Waals surface area contributed by atoms with Gasteiger partial charge in [0.15, 0.2) is 0 Å². The number of benzene rings is 2. The highest BCUT2D eigenvalue weighted by Gasteiger charge is 2.17. The lowest BCUT2D eigenvalue weighted by Gasteiger charge is -2.28. The minimum Gasteiger partial charge on any atom is -0.360 e. The topological polar surface area (TPSA) is 90.1 Å². The lowest BCUT2D eigenvalue weighted by molar-refractivity contribution is -0.120. The van der Waals surface area contributed by atoms with Crippen LogP contribution < -0.4 is 15.5 Å². The Morgan fingerprint density at radius 3 is 2.79 bits per heavy atom. The summed E-state index contributed by atoms with van der Waals surface area (Å²) in [4.78, 5) is 33.8. The number of fused-ring (bicyclic) bond motifs is 1. The van der Waals surface area contributed by atoms with Crippen molar-refractivity contribution in [2.75, 3.05) is 35.6 Å². The summed E-state index contributed by atoms with van der Waals surface area (Å²) >= 11 is 1.54. The molecule has 3 aromatic rings. The quantitative estimate of drug-likeness (QED) is 0.582. The number of rotatable bonds is 6. The molecule has 0 aliphatic carbocycles. The first kappa shape index (κ1) is 19.3. The van der Waals surface area contributed by atoms with Crippen LogP contribution >= 0.6 is 11.8 Å². The Kier molecular flexibility index (Phi) is 5.71. The van der Waals surface area contributed by atoms with Crippen LogP contribution in [0.15, 0.2) is 48.5 Å². The molecule has 7 nitrogen and oxygen atoms in total. The monoisotopic (exact) mass is 409 g/mol. The van der Waals surface area contributed by atoms with Gasteiger partial charge in [-0.05, 0) is 43.3 Å². The summed E-state index contributed by atoms with van der Waals surface area (Å²) in [5.41, 5.74) is 3.67. The van der Waals surface area contributed by atoms with Crippen LogP contribution in [-0.4, -0.2) is 47.2 Å². The summed E-state index contributed by atoms with van der Waals surface area (Å²) in [6.45, 7) is 3.84. The lowest BCUT2D eigenvalue weighted by Crippen LogP contribution is -2.47. The van der Waals surface area contributed by atoms with E-state index in [-0.39, 0.29) is 17.1 Å². The summed E-state index contributed by atoms with van der Waals surface area (Å²) in [7, 11) is 0. The number of hydrogen-bond acceptors (Lipinski definition) is 5. The Morgan fingerprint density at radius 2 is 2.03 bits per heavy atom. The fraction of sp³-hybridized carbons (Fsp3) is 0.286. The first-order valence-corrected chi connectivity index (χ1v) is 10.6. The summed E-state index contributed by atoms with van der Waals surface area (Å²) in [6.07, 6.45) is 0. The van der Waals surface area contributed by atoms with Gasteiger partial charge in [0.05, 0.1) is 28.6 Å². The molecule has 3 N–H and O–H groups in total. The zero-order valence-corrected chi connectivity index (χ0v) is 17.0. The lowest BCUT2D eigenvalue weighted by atomic mass is 10.2. The second-order valence-electron chi connectivity index (χ2n) is 6.96. The molecular weight excluding hydrogens is 386 g/mol. The van der Waals surface area contributed by atoms with Crippen LogP contribution in [-0.2, 0) is 9.59 Å². The van der Waals surface area contributed by atoms with Crippen molar-refractivity contribution in [2.24, 2.45) is 0 Å². The van der Waals surface area contributed by atoms with Gasteiger partial charge in [-0.3, -0.25) is 9.59 Å². The first-order chi connectivity index (χ1) is 14.1. The van der Waals surface area contributed by atoms with Crippen LogP contribution in [0.3, 0.4) is 0 Å². The van der Waals surface area contributed by atoms with Crippen LogP contribution in [0, 0.1) is 0 Å². The zero-order valence-electron chi connectivity index (χ0n) is 16.1. The number of amides is 2. The SMILES string of the molecule is CC(SCC(=O)Nc1ccc(N2CCNC(=O)C2)cc1)c1nc2ccccc2[nH]1. The van der Waals surface area contributed by atoms with Crippen LogP contribution in [0.1, 0.15) is 18.0 Å². The molecule has 1 saturated heterocycles. The maximum Gasteiger partial charge on any atom is 0.239 e. The highest BCUT2D eigenvalue weighted by Crippen LogP contribution is 2.28. The van der Waals surface area contributed by atoms with Gasteiger partial charge in [-0.2, -0.15) is 0 Å². The number of anilines is 2. The molecular formula is C21H23N5O2S. The largest absolute Gasteiger partial charge is 0.360 e. The summed E-state index contributed by atoms with van der Waals surface area (Å²) < 4.78 is 0. The van der Waals surface area contributed by atoms with E-state index in [2.05, 4.69) is 20.6 Å². The molecule has 150 valence electrons. The van der Waals surface area contributed by atoms with E-state index >= 15 is 0 Å². The molecule has 1 atom stereocenters. The molecule has 29 heavy (non-hydrogen) atoms. The zero-order chi connectivity index (χ0) is 20.2. The molecule has 2 amide bonds. The Labute approximate surface area is 173 Å². The molecule has 0 saturated carbocycles. The number of carbonyl (C=O) groups is 2. The third kappa shape index (κ3) is 4.71. The van der Waals surface area contributed by atoms with Gasteiger partial charge in [0.25, 0.3) is 0 Å². The summed E-state index contributed by atoms with van der Waals surface area (Å²) in [6, 6.07) is 15.5. The summed E-state index contributed by atoms with van der Waals surface area (Å²) in [5, 5.41) is 5.83. The Balaban J connectivity index is 1.29.